The van der Waals surface area contributed by atoms with E-state index in [4.69, 9.17) is 4.74 Å². The summed E-state index contributed by atoms with van der Waals surface area (Å²) in [5, 5.41) is 3.95. The standard InChI is InChI=1S/C25H25N3O4S/c1-3-16-32-23-11-7-8-21(17-23)18-26-27-25(29)19-28(22-9-5-4-6-10-22)33(30,31)24-14-12-20(2)13-15-24/h3-15,17-18H,1,16,19H2,2H3,(H,27,29)/b26-18-. The molecule has 0 aromatic heterocycles. The second-order valence-corrected chi connectivity index (χ2v) is 8.99. The van der Waals surface area contributed by atoms with Gasteiger partial charge < -0.3 is 4.74 Å². The summed E-state index contributed by atoms with van der Waals surface area (Å²) in [5.74, 6) is 0.0643. The molecular formula is C25H25N3O4S. The van der Waals surface area contributed by atoms with Crippen molar-refractivity contribution in [1.82, 2.24) is 5.43 Å². The highest BCUT2D eigenvalue weighted by molar-refractivity contribution is 7.92. The molecule has 0 aliphatic carbocycles. The van der Waals surface area contributed by atoms with Gasteiger partial charge in [0.1, 0.15) is 18.9 Å². The fraction of sp³-hybridized carbons (Fsp3) is 0.120. The predicted molar refractivity (Wildman–Crippen MR) is 130 cm³/mol. The molecule has 0 heterocycles. The monoisotopic (exact) mass is 463 g/mol. The average Bonchev–Trinajstić information content (AvgIpc) is 2.82. The van der Waals surface area contributed by atoms with Crippen LogP contribution in [-0.4, -0.2) is 33.7 Å². The molecule has 8 heteroatoms. The molecule has 0 radical (unpaired) electrons. The molecule has 33 heavy (non-hydrogen) atoms. The van der Waals surface area contributed by atoms with Crippen molar-refractivity contribution in [3.05, 3.63) is 103 Å². The van der Waals surface area contributed by atoms with Crippen molar-refractivity contribution in [2.24, 2.45) is 5.10 Å². The van der Waals surface area contributed by atoms with Crippen molar-refractivity contribution in [3.63, 3.8) is 0 Å². The molecule has 0 aliphatic rings. The van der Waals surface area contributed by atoms with E-state index in [2.05, 4.69) is 17.1 Å². The molecule has 0 atom stereocenters. The highest BCUT2D eigenvalue weighted by atomic mass is 32.2. The van der Waals surface area contributed by atoms with Crippen LogP contribution in [0, 0.1) is 6.92 Å². The lowest BCUT2D eigenvalue weighted by Crippen LogP contribution is -2.39. The Morgan fingerprint density at radius 1 is 1.06 bits per heavy atom. The van der Waals surface area contributed by atoms with Crippen molar-refractivity contribution in [3.8, 4) is 5.75 Å². The van der Waals surface area contributed by atoms with E-state index in [9.17, 15) is 13.2 Å². The Bertz CT molecular complexity index is 1220. The average molecular weight is 464 g/mol. The lowest BCUT2D eigenvalue weighted by atomic mass is 10.2. The highest BCUT2D eigenvalue weighted by Crippen LogP contribution is 2.23. The largest absolute Gasteiger partial charge is 0.490 e. The van der Waals surface area contributed by atoms with Crippen LogP contribution in [0.5, 0.6) is 5.75 Å². The molecule has 1 amide bonds. The Hall–Kier alpha value is -3.91. The quantitative estimate of drug-likeness (QED) is 0.281. The molecular weight excluding hydrogens is 438 g/mol. The first-order valence-electron chi connectivity index (χ1n) is 10.2. The lowest BCUT2D eigenvalue weighted by Gasteiger charge is -2.23. The van der Waals surface area contributed by atoms with Crippen LogP contribution in [0.3, 0.4) is 0 Å². The number of hydrazone groups is 1. The molecule has 3 aromatic rings. The van der Waals surface area contributed by atoms with Gasteiger partial charge in [0.25, 0.3) is 15.9 Å². The maximum absolute atomic E-state index is 13.3. The summed E-state index contributed by atoms with van der Waals surface area (Å²) in [5.41, 5.74) is 4.42. The van der Waals surface area contributed by atoms with Gasteiger partial charge in [-0.05, 0) is 48.9 Å². The number of nitrogens with one attached hydrogen (secondary N) is 1. The normalized spacial score (nSPS) is 11.2. The second-order valence-electron chi connectivity index (χ2n) is 7.13. The first-order chi connectivity index (χ1) is 15.9. The zero-order chi connectivity index (χ0) is 23.7. The smallest absolute Gasteiger partial charge is 0.264 e. The van der Waals surface area contributed by atoms with Crippen LogP contribution in [0.15, 0.2) is 102 Å². The molecule has 0 saturated carbocycles. The molecule has 0 fully saturated rings. The number of carbonyl (C=O) groups excluding carboxylic acids is 1. The van der Waals surface area contributed by atoms with Crippen LogP contribution in [-0.2, 0) is 14.8 Å². The number of amides is 1. The molecule has 0 aliphatic heterocycles. The number of aryl methyl sites for hydroxylation is 1. The van der Waals surface area contributed by atoms with Crippen LogP contribution in [0.1, 0.15) is 11.1 Å². The van der Waals surface area contributed by atoms with Crippen LogP contribution in [0.25, 0.3) is 0 Å². The molecule has 0 bridgehead atoms. The van der Waals surface area contributed by atoms with E-state index in [0.29, 0.717) is 23.6 Å². The van der Waals surface area contributed by atoms with Gasteiger partial charge in [0.15, 0.2) is 0 Å². The van der Waals surface area contributed by atoms with Gasteiger partial charge in [-0.25, -0.2) is 13.8 Å². The summed E-state index contributed by atoms with van der Waals surface area (Å²) in [6, 6.07) is 22.1. The summed E-state index contributed by atoms with van der Waals surface area (Å²) >= 11 is 0. The third-order valence-corrected chi connectivity index (χ3v) is 6.36. The molecule has 0 spiro atoms. The Labute approximate surface area is 194 Å². The Balaban J connectivity index is 1.75. The molecule has 3 aromatic carbocycles. The van der Waals surface area contributed by atoms with Crippen LogP contribution < -0.4 is 14.5 Å². The van der Waals surface area contributed by atoms with E-state index < -0.39 is 22.5 Å². The number of sulfonamides is 1. The van der Waals surface area contributed by atoms with Crippen LogP contribution in [0.4, 0.5) is 5.69 Å². The van der Waals surface area contributed by atoms with Gasteiger partial charge in [0.2, 0.25) is 0 Å². The molecule has 0 saturated heterocycles. The SMILES string of the molecule is C=CCOc1cccc(/C=N\NC(=O)CN(c2ccccc2)S(=O)(=O)c2ccc(C)cc2)c1. The van der Waals surface area contributed by atoms with Gasteiger partial charge in [0.05, 0.1) is 16.8 Å². The Morgan fingerprint density at radius 3 is 2.48 bits per heavy atom. The number of carbonyl (C=O) groups is 1. The lowest BCUT2D eigenvalue weighted by molar-refractivity contribution is -0.119. The maximum atomic E-state index is 13.3. The van der Waals surface area contributed by atoms with E-state index in [1.807, 2.05) is 6.92 Å². The molecule has 1 N–H and O–H groups in total. The minimum absolute atomic E-state index is 0.101. The van der Waals surface area contributed by atoms with Crippen molar-refractivity contribution in [2.45, 2.75) is 11.8 Å². The van der Waals surface area contributed by atoms with Gasteiger partial charge in [-0.1, -0.05) is 60.7 Å². The van der Waals surface area contributed by atoms with Gasteiger partial charge in [0, 0.05) is 0 Å². The van der Waals surface area contributed by atoms with Crippen molar-refractivity contribution in [1.29, 1.82) is 0 Å². The van der Waals surface area contributed by atoms with Crippen LogP contribution >= 0.6 is 0 Å². The number of nitrogens with zero attached hydrogens (tertiary/aromatic N) is 2. The van der Waals surface area contributed by atoms with E-state index >= 15 is 0 Å². The number of ether oxygens (including phenoxy) is 1. The van der Waals surface area contributed by atoms with Gasteiger partial charge in [-0.15, -0.1) is 0 Å². The van der Waals surface area contributed by atoms with E-state index in [1.165, 1.54) is 18.3 Å². The second kappa shape index (κ2) is 11.1. The number of rotatable bonds is 10. The van der Waals surface area contributed by atoms with Gasteiger partial charge in [-0.3, -0.25) is 9.10 Å². The van der Waals surface area contributed by atoms with Crippen molar-refractivity contribution < 1.29 is 17.9 Å². The number of benzene rings is 3. The maximum Gasteiger partial charge on any atom is 0.264 e. The first-order valence-corrected chi connectivity index (χ1v) is 11.6. The number of hydrogen-bond acceptors (Lipinski definition) is 5. The minimum Gasteiger partial charge on any atom is -0.490 e. The number of hydrogen-bond donors (Lipinski definition) is 1. The van der Waals surface area contributed by atoms with E-state index in [-0.39, 0.29) is 4.90 Å². The first kappa shape index (κ1) is 23.7. The number of anilines is 1. The third kappa shape index (κ3) is 6.54. The molecule has 7 nitrogen and oxygen atoms in total. The fourth-order valence-corrected chi connectivity index (χ4v) is 4.35. The Morgan fingerprint density at radius 2 is 1.79 bits per heavy atom. The van der Waals surface area contributed by atoms with E-state index in [1.54, 1.807) is 72.8 Å². The molecule has 170 valence electrons. The molecule has 0 unspecified atom stereocenters. The van der Waals surface area contributed by atoms with Crippen LogP contribution in [0.2, 0.25) is 0 Å². The van der Waals surface area contributed by atoms with Crippen molar-refractivity contribution >= 4 is 27.8 Å². The summed E-state index contributed by atoms with van der Waals surface area (Å²) in [6.45, 7) is 5.43. The summed E-state index contributed by atoms with van der Waals surface area (Å²) < 4.78 is 33.1. The summed E-state index contributed by atoms with van der Waals surface area (Å²) in [4.78, 5) is 12.7. The third-order valence-electron chi connectivity index (χ3n) is 4.57. The minimum atomic E-state index is -3.96. The Kier molecular flexibility index (Phi) is 7.99. The van der Waals surface area contributed by atoms with Gasteiger partial charge in [-0.2, -0.15) is 5.10 Å². The van der Waals surface area contributed by atoms with Gasteiger partial charge >= 0.3 is 0 Å². The van der Waals surface area contributed by atoms with Crippen molar-refractivity contribution in [2.75, 3.05) is 17.5 Å². The molecule has 3 rings (SSSR count). The summed E-state index contributed by atoms with van der Waals surface area (Å²) in [7, 11) is -3.96. The zero-order valence-electron chi connectivity index (χ0n) is 18.2. The zero-order valence-corrected chi connectivity index (χ0v) is 19.0. The number of para-hydroxylation sites is 1. The highest BCUT2D eigenvalue weighted by Gasteiger charge is 2.27. The summed E-state index contributed by atoms with van der Waals surface area (Å²) in [6.07, 6.45) is 3.10. The fourth-order valence-electron chi connectivity index (χ4n) is 2.93. The predicted octanol–water partition coefficient (Wildman–Crippen LogP) is 3.91. The van der Waals surface area contributed by atoms with E-state index in [0.717, 1.165) is 9.87 Å². The topological polar surface area (TPSA) is 88.1 Å².